The van der Waals surface area contributed by atoms with Crippen LogP contribution in [0.15, 0.2) is 46.5 Å². The molecule has 0 radical (unpaired) electrons. The molecular weight excluding hydrogens is 364 g/mol. The Morgan fingerprint density at radius 1 is 0.958 bits per heavy atom. The topological polar surface area (TPSA) is 69.9 Å². The summed E-state index contributed by atoms with van der Waals surface area (Å²) in [4.78, 5) is 4.13. The van der Waals surface area contributed by atoms with E-state index in [0.717, 1.165) is 0 Å². The predicted octanol–water partition coefficient (Wildman–Crippen LogP) is 3.65. The molecule has 4 nitrogen and oxygen atoms in total. The van der Waals surface area contributed by atoms with Gasteiger partial charge in [-0.1, -0.05) is 12.1 Å². The third kappa shape index (κ3) is 4.12. The monoisotopic (exact) mass is 382 g/mol. The molecule has 1 aliphatic rings. The lowest BCUT2D eigenvalue weighted by Crippen LogP contribution is -2.24. The molecule has 7 heteroatoms. The zero-order chi connectivity index (χ0) is 16.9. The Balaban J connectivity index is 0.000000162. The molecule has 3 aromatic heterocycles. The van der Waals surface area contributed by atoms with Crippen LogP contribution in [0.3, 0.4) is 0 Å². The third-order valence-corrected chi connectivity index (χ3v) is 6.45. The summed E-state index contributed by atoms with van der Waals surface area (Å²) in [6.45, 7) is -0.238. The van der Waals surface area contributed by atoms with Gasteiger partial charge in [0.2, 0.25) is 0 Å². The van der Waals surface area contributed by atoms with Gasteiger partial charge in [-0.15, -0.1) is 34.0 Å². The van der Waals surface area contributed by atoms with Gasteiger partial charge in [-0.3, -0.25) is 0 Å². The van der Waals surface area contributed by atoms with Gasteiger partial charge < -0.3 is 20.1 Å². The van der Waals surface area contributed by atoms with Crippen LogP contribution in [0.1, 0.15) is 6.42 Å². The summed E-state index contributed by atoms with van der Waals surface area (Å²) in [5, 5.41) is 32.5. The molecule has 24 heavy (non-hydrogen) atoms. The molecule has 128 valence electrons. The van der Waals surface area contributed by atoms with Crippen molar-refractivity contribution in [2.75, 3.05) is 6.61 Å². The van der Waals surface area contributed by atoms with E-state index in [9.17, 15) is 0 Å². The van der Waals surface area contributed by atoms with Crippen LogP contribution in [0, 0.1) is 0 Å². The fraction of sp³-hybridized carbons (Fsp3) is 0.294. The second kappa shape index (κ2) is 8.35. The van der Waals surface area contributed by atoms with Gasteiger partial charge in [0.05, 0.1) is 17.6 Å². The highest BCUT2D eigenvalue weighted by molar-refractivity contribution is 7.21. The Bertz CT molecular complexity index is 672. The van der Waals surface area contributed by atoms with Gasteiger partial charge in [0, 0.05) is 21.7 Å². The summed E-state index contributed by atoms with van der Waals surface area (Å²) < 4.78 is 4.68. The van der Waals surface area contributed by atoms with Crippen molar-refractivity contribution in [1.82, 2.24) is 0 Å². The van der Waals surface area contributed by atoms with E-state index < -0.39 is 18.5 Å². The highest BCUT2D eigenvalue weighted by Crippen LogP contribution is 2.40. The summed E-state index contributed by atoms with van der Waals surface area (Å²) in [6, 6.07) is 10.8. The lowest BCUT2D eigenvalue weighted by molar-refractivity contribution is -0.107. The van der Waals surface area contributed by atoms with Crippen molar-refractivity contribution in [2.24, 2.45) is 0 Å². The molecule has 0 aliphatic carbocycles. The molecule has 1 fully saturated rings. The maximum atomic E-state index is 8.91. The lowest BCUT2D eigenvalue weighted by Gasteiger charge is -2.08. The minimum Gasteiger partial charge on any atom is -0.394 e. The number of ether oxygens (including phenoxy) is 1. The normalized spacial score (nSPS) is 23.0. The first kappa shape index (κ1) is 17.8. The summed E-state index contributed by atoms with van der Waals surface area (Å²) in [5.74, 6) is 0. The van der Waals surface area contributed by atoms with Crippen molar-refractivity contribution in [3.63, 3.8) is 0 Å². The van der Waals surface area contributed by atoms with Crippen molar-refractivity contribution in [2.45, 2.75) is 24.9 Å². The van der Waals surface area contributed by atoms with Crippen LogP contribution in [0.4, 0.5) is 0 Å². The highest BCUT2D eigenvalue weighted by Gasteiger charge is 2.31. The van der Waals surface area contributed by atoms with E-state index in [1.807, 2.05) is 22.7 Å². The number of rotatable bonds is 3. The van der Waals surface area contributed by atoms with E-state index in [1.54, 1.807) is 11.3 Å². The number of hydrogen-bond donors (Lipinski definition) is 3. The largest absolute Gasteiger partial charge is 0.394 e. The Morgan fingerprint density at radius 2 is 1.67 bits per heavy atom. The number of thiophene rings is 3. The number of aliphatic hydroxyl groups excluding tert-OH is 3. The molecular formula is C17H18O4S3. The molecule has 0 aromatic carbocycles. The fourth-order valence-corrected chi connectivity index (χ4v) is 5.02. The SMILES string of the molecule is OC[C@H]1OC(O)C[C@@H]1O.c1csc(-c2ccsc2-c2cccs2)c1. The molecule has 1 saturated heterocycles. The Kier molecular flexibility index (Phi) is 6.18. The summed E-state index contributed by atoms with van der Waals surface area (Å²) in [5.41, 5.74) is 1.37. The standard InChI is InChI=1S/C12H8S3.C5H10O4/c1-3-10(13-6-1)9-5-8-15-12(9)11-4-2-7-14-11;6-2-4-3(7)1-5(8)9-4/h1-8H;3-8H,1-2H2/t;3-,4+,5?/m.0/s1. The van der Waals surface area contributed by atoms with Crippen molar-refractivity contribution in [1.29, 1.82) is 0 Å². The smallest absolute Gasteiger partial charge is 0.157 e. The van der Waals surface area contributed by atoms with Crippen LogP contribution in [0.5, 0.6) is 0 Å². The van der Waals surface area contributed by atoms with E-state index in [4.69, 9.17) is 15.3 Å². The van der Waals surface area contributed by atoms with Crippen LogP contribution in [-0.4, -0.2) is 40.4 Å². The average molecular weight is 383 g/mol. The third-order valence-electron chi connectivity index (χ3n) is 3.58. The van der Waals surface area contributed by atoms with E-state index in [0.29, 0.717) is 0 Å². The first-order valence-electron chi connectivity index (χ1n) is 7.46. The first-order valence-corrected chi connectivity index (χ1v) is 10.1. The Morgan fingerprint density at radius 3 is 2.17 bits per heavy atom. The van der Waals surface area contributed by atoms with Gasteiger partial charge in [-0.05, 0) is 34.3 Å². The van der Waals surface area contributed by atoms with Gasteiger partial charge >= 0.3 is 0 Å². The van der Waals surface area contributed by atoms with Gasteiger partial charge in [-0.25, -0.2) is 0 Å². The zero-order valence-corrected chi connectivity index (χ0v) is 15.2. The van der Waals surface area contributed by atoms with Crippen LogP contribution in [0.2, 0.25) is 0 Å². The molecule has 4 rings (SSSR count). The van der Waals surface area contributed by atoms with Crippen molar-refractivity contribution in [3.8, 4) is 20.2 Å². The molecule has 1 unspecified atom stereocenters. The summed E-state index contributed by atoms with van der Waals surface area (Å²) >= 11 is 5.43. The molecule has 4 heterocycles. The van der Waals surface area contributed by atoms with Crippen molar-refractivity contribution in [3.05, 3.63) is 46.5 Å². The van der Waals surface area contributed by atoms with Gasteiger partial charge in [-0.2, -0.15) is 0 Å². The van der Waals surface area contributed by atoms with Crippen LogP contribution < -0.4 is 0 Å². The first-order chi connectivity index (χ1) is 11.7. The molecule has 3 aromatic rings. The van der Waals surface area contributed by atoms with Gasteiger partial charge in [0.25, 0.3) is 0 Å². The van der Waals surface area contributed by atoms with Crippen LogP contribution in [0.25, 0.3) is 20.2 Å². The van der Waals surface area contributed by atoms with Crippen molar-refractivity contribution < 1.29 is 20.1 Å². The summed E-state index contributed by atoms with van der Waals surface area (Å²) in [7, 11) is 0. The predicted molar refractivity (Wildman–Crippen MR) is 99.5 cm³/mol. The molecule has 0 spiro atoms. The second-order valence-corrected chi connectivity index (χ2v) is 8.04. The zero-order valence-electron chi connectivity index (χ0n) is 12.7. The molecule has 0 saturated carbocycles. The quantitative estimate of drug-likeness (QED) is 0.647. The molecule has 3 N–H and O–H groups in total. The molecule has 1 aliphatic heterocycles. The minimum absolute atomic E-state index is 0.200. The maximum Gasteiger partial charge on any atom is 0.157 e. The Labute approximate surface area is 152 Å². The van der Waals surface area contributed by atoms with Crippen LogP contribution in [-0.2, 0) is 4.74 Å². The minimum atomic E-state index is -0.905. The van der Waals surface area contributed by atoms with E-state index >= 15 is 0 Å². The molecule has 3 atom stereocenters. The lowest BCUT2D eigenvalue weighted by atomic mass is 10.2. The van der Waals surface area contributed by atoms with E-state index in [1.165, 1.54) is 20.2 Å². The number of hydrogen-bond acceptors (Lipinski definition) is 7. The highest BCUT2D eigenvalue weighted by atomic mass is 32.1. The molecule has 0 amide bonds. The average Bonchev–Trinajstić information content (AvgIpc) is 3.35. The number of aliphatic hydroxyl groups is 3. The molecule has 0 bridgehead atoms. The van der Waals surface area contributed by atoms with E-state index in [2.05, 4.69) is 51.2 Å². The Hall–Kier alpha value is -1.06. The van der Waals surface area contributed by atoms with Gasteiger partial charge in [0.1, 0.15) is 6.10 Å². The second-order valence-electron chi connectivity index (χ2n) is 5.23. The van der Waals surface area contributed by atoms with Crippen LogP contribution >= 0.6 is 34.0 Å². The van der Waals surface area contributed by atoms with Crippen molar-refractivity contribution >= 4 is 34.0 Å². The summed E-state index contributed by atoms with van der Waals surface area (Å²) in [6.07, 6.45) is -2.02. The fourth-order valence-electron chi connectivity index (χ4n) is 2.40. The maximum absolute atomic E-state index is 8.91. The van der Waals surface area contributed by atoms with E-state index in [-0.39, 0.29) is 13.0 Å². The van der Waals surface area contributed by atoms with Gasteiger partial charge in [0.15, 0.2) is 6.29 Å².